The molecule has 0 radical (unpaired) electrons. The van der Waals surface area contributed by atoms with E-state index >= 15 is 0 Å². The van der Waals surface area contributed by atoms with Crippen LogP contribution in [0.4, 0.5) is 5.95 Å². The summed E-state index contributed by atoms with van der Waals surface area (Å²) in [6, 6.07) is 0. The van der Waals surface area contributed by atoms with E-state index in [2.05, 4.69) is 15.3 Å². The van der Waals surface area contributed by atoms with Gasteiger partial charge in [-0.25, -0.2) is 9.97 Å². The minimum Gasteiger partial charge on any atom is -0.376 e. The van der Waals surface area contributed by atoms with E-state index in [1.807, 2.05) is 16.7 Å². The van der Waals surface area contributed by atoms with Gasteiger partial charge in [0, 0.05) is 58.1 Å². The van der Waals surface area contributed by atoms with Gasteiger partial charge in [-0.05, 0) is 44.4 Å². The molecule has 3 saturated heterocycles. The maximum atomic E-state index is 12.8. The van der Waals surface area contributed by atoms with Crippen LogP contribution in [0, 0.1) is 5.41 Å². The predicted molar refractivity (Wildman–Crippen MR) is 109 cm³/mol. The van der Waals surface area contributed by atoms with Crippen LogP contribution in [0.1, 0.15) is 55.8 Å². The van der Waals surface area contributed by atoms with E-state index in [-0.39, 0.29) is 23.3 Å². The number of likely N-dealkylation sites (tertiary alicyclic amines) is 2. The molecule has 0 aromatic carbocycles. The molecule has 4 heterocycles. The molecule has 0 bridgehead atoms. The molecule has 158 valence electrons. The van der Waals surface area contributed by atoms with Crippen LogP contribution in [-0.4, -0.2) is 77.0 Å². The summed E-state index contributed by atoms with van der Waals surface area (Å²) in [5.74, 6) is 0.786. The van der Waals surface area contributed by atoms with Gasteiger partial charge in [-0.1, -0.05) is 0 Å². The number of nitrogens with zero attached hydrogens (tertiary/aromatic N) is 4. The predicted octanol–water partition coefficient (Wildman–Crippen LogP) is 1.93. The summed E-state index contributed by atoms with van der Waals surface area (Å²) >= 11 is 0. The van der Waals surface area contributed by atoms with Crippen LogP contribution in [0.25, 0.3) is 0 Å². The van der Waals surface area contributed by atoms with E-state index < -0.39 is 0 Å². The highest BCUT2D eigenvalue weighted by molar-refractivity contribution is 5.93. The normalized spacial score (nSPS) is 24.2. The first-order valence-corrected chi connectivity index (χ1v) is 10.8. The van der Waals surface area contributed by atoms with Gasteiger partial charge in [-0.2, -0.15) is 0 Å². The fourth-order valence-electron chi connectivity index (χ4n) is 4.77. The van der Waals surface area contributed by atoms with E-state index in [0.717, 1.165) is 71.4 Å². The third-order valence-electron chi connectivity index (χ3n) is 6.54. The standard InChI is InChI=1S/C21H31N5O3/c1-2-22-20-23-12-16(13-24-20)19(28)25-9-7-21(8-10-25)6-5-18(27)26(15-21)14-17-4-3-11-29-17/h12-13,17H,2-11,14-15H2,1H3,(H,22,23,24). The zero-order chi connectivity index (χ0) is 20.3. The fourth-order valence-corrected chi connectivity index (χ4v) is 4.77. The molecule has 0 saturated carbocycles. The van der Waals surface area contributed by atoms with E-state index in [4.69, 9.17) is 4.74 Å². The average molecular weight is 402 g/mol. The molecule has 29 heavy (non-hydrogen) atoms. The van der Waals surface area contributed by atoms with Crippen molar-refractivity contribution in [3.63, 3.8) is 0 Å². The molecule has 8 nitrogen and oxygen atoms in total. The van der Waals surface area contributed by atoms with Crippen molar-refractivity contribution in [3.05, 3.63) is 18.0 Å². The lowest BCUT2D eigenvalue weighted by Gasteiger charge is -2.47. The van der Waals surface area contributed by atoms with Crippen molar-refractivity contribution in [1.29, 1.82) is 0 Å². The van der Waals surface area contributed by atoms with Crippen molar-refractivity contribution < 1.29 is 14.3 Å². The van der Waals surface area contributed by atoms with Gasteiger partial charge in [0.25, 0.3) is 5.91 Å². The number of carbonyl (C=O) groups is 2. The molecule has 1 spiro atoms. The first-order chi connectivity index (χ1) is 14.1. The van der Waals surface area contributed by atoms with Crippen LogP contribution in [0.5, 0.6) is 0 Å². The Hall–Kier alpha value is -2.22. The van der Waals surface area contributed by atoms with Crippen LogP contribution >= 0.6 is 0 Å². The zero-order valence-corrected chi connectivity index (χ0v) is 17.2. The Morgan fingerprint density at radius 3 is 2.69 bits per heavy atom. The van der Waals surface area contributed by atoms with E-state index in [0.29, 0.717) is 17.9 Å². The number of amides is 2. The van der Waals surface area contributed by atoms with Gasteiger partial charge >= 0.3 is 0 Å². The van der Waals surface area contributed by atoms with Crippen LogP contribution in [0.3, 0.4) is 0 Å². The number of hydrogen-bond donors (Lipinski definition) is 1. The second-order valence-electron chi connectivity index (χ2n) is 8.53. The van der Waals surface area contributed by atoms with Crippen LogP contribution in [0.15, 0.2) is 12.4 Å². The molecule has 1 aromatic heterocycles. The minimum absolute atomic E-state index is 0.00834. The van der Waals surface area contributed by atoms with Gasteiger partial charge in [0.15, 0.2) is 0 Å². The van der Waals surface area contributed by atoms with Crippen molar-refractivity contribution in [2.45, 2.75) is 51.6 Å². The lowest BCUT2D eigenvalue weighted by Crippen LogP contribution is -2.53. The molecule has 1 N–H and O–H groups in total. The van der Waals surface area contributed by atoms with Gasteiger partial charge < -0.3 is 19.9 Å². The average Bonchev–Trinajstić information content (AvgIpc) is 3.25. The van der Waals surface area contributed by atoms with Gasteiger partial charge in [0.2, 0.25) is 11.9 Å². The van der Waals surface area contributed by atoms with Crippen molar-refractivity contribution >= 4 is 17.8 Å². The number of ether oxygens (including phenoxy) is 1. The first kappa shape index (κ1) is 20.1. The first-order valence-electron chi connectivity index (χ1n) is 10.8. The maximum Gasteiger partial charge on any atom is 0.256 e. The van der Waals surface area contributed by atoms with Gasteiger partial charge in [0.05, 0.1) is 11.7 Å². The number of anilines is 1. The molecule has 4 rings (SSSR count). The van der Waals surface area contributed by atoms with E-state index in [1.54, 1.807) is 12.4 Å². The third kappa shape index (κ3) is 4.52. The molecule has 3 aliphatic heterocycles. The summed E-state index contributed by atoms with van der Waals surface area (Å²) in [6.45, 7) is 6.49. The summed E-state index contributed by atoms with van der Waals surface area (Å²) in [6.07, 6.45) is 8.94. The zero-order valence-electron chi connectivity index (χ0n) is 17.2. The van der Waals surface area contributed by atoms with Gasteiger partial charge in [-0.3, -0.25) is 9.59 Å². The number of hydrogen-bond acceptors (Lipinski definition) is 6. The molecule has 1 atom stereocenters. The second-order valence-corrected chi connectivity index (χ2v) is 8.53. The lowest BCUT2D eigenvalue weighted by atomic mass is 9.72. The minimum atomic E-state index is -0.00834. The topological polar surface area (TPSA) is 87.7 Å². The second kappa shape index (κ2) is 8.65. The van der Waals surface area contributed by atoms with E-state index in [1.165, 1.54) is 0 Å². The Morgan fingerprint density at radius 1 is 1.28 bits per heavy atom. The van der Waals surface area contributed by atoms with E-state index in [9.17, 15) is 9.59 Å². The number of nitrogens with one attached hydrogen (secondary N) is 1. The molecule has 2 amide bonds. The molecule has 1 unspecified atom stereocenters. The number of rotatable bonds is 5. The molecule has 0 aliphatic carbocycles. The largest absolute Gasteiger partial charge is 0.376 e. The van der Waals surface area contributed by atoms with Gasteiger partial charge in [-0.15, -0.1) is 0 Å². The highest BCUT2D eigenvalue weighted by Gasteiger charge is 2.42. The van der Waals surface area contributed by atoms with Crippen molar-refractivity contribution in [2.75, 3.05) is 44.6 Å². The Labute approximate surface area is 172 Å². The number of carbonyl (C=O) groups excluding carboxylic acids is 2. The maximum absolute atomic E-state index is 12.8. The summed E-state index contributed by atoms with van der Waals surface area (Å²) in [7, 11) is 0. The molecule has 3 aliphatic rings. The highest BCUT2D eigenvalue weighted by Crippen LogP contribution is 2.40. The van der Waals surface area contributed by atoms with Crippen LogP contribution in [-0.2, 0) is 9.53 Å². The Balaban J connectivity index is 1.34. The molecular weight excluding hydrogens is 370 g/mol. The van der Waals surface area contributed by atoms with Crippen molar-refractivity contribution in [2.24, 2.45) is 5.41 Å². The highest BCUT2D eigenvalue weighted by atomic mass is 16.5. The Kier molecular flexibility index (Phi) is 5.99. The summed E-state index contributed by atoms with van der Waals surface area (Å²) in [4.78, 5) is 37.6. The summed E-state index contributed by atoms with van der Waals surface area (Å²) in [5.41, 5.74) is 0.663. The lowest BCUT2D eigenvalue weighted by molar-refractivity contribution is -0.141. The molecule has 3 fully saturated rings. The van der Waals surface area contributed by atoms with Crippen molar-refractivity contribution in [1.82, 2.24) is 19.8 Å². The number of aromatic nitrogens is 2. The summed E-state index contributed by atoms with van der Waals surface area (Å²) < 4.78 is 5.74. The van der Waals surface area contributed by atoms with Crippen LogP contribution in [0.2, 0.25) is 0 Å². The molecular formula is C21H31N5O3. The monoisotopic (exact) mass is 401 g/mol. The molecule has 1 aromatic rings. The van der Waals surface area contributed by atoms with Crippen molar-refractivity contribution in [3.8, 4) is 0 Å². The Bertz CT molecular complexity index is 724. The van der Waals surface area contributed by atoms with Gasteiger partial charge in [0.1, 0.15) is 0 Å². The Morgan fingerprint density at radius 2 is 2.03 bits per heavy atom. The number of piperidine rings is 2. The molecule has 8 heteroatoms. The third-order valence-corrected chi connectivity index (χ3v) is 6.54. The quantitative estimate of drug-likeness (QED) is 0.811. The fraction of sp³-hybridized carbons (Fsp3) is 0.714. The SMILES string of the molecule is CCNc1ncc(C(=O)N2CCC3(CCC(=O)N(CC4CCCO4)C3)CC2)cn1. The smallest absolute Gasteiger partial charge is 0.256 e. The summed E-state index contributed by atoms with van der Waals surface area (Å²) in [5, 5.41) is 3.04. The van der Waals surface area contributed by atoms with Crippen LogP contribution < -0.4 is 5.32 Å².